The van der Waals surface area contributed by atoms with Crippen molar-refractivity contribution in [3.63, 3.8) is 0 Å². The Morgan fingerprint density at radius 3 is 2.57 bits per heavy atom. The fraction of sp³-hybridized carbons (Fsp3) is 0.581. The van der Waals surface area contributed by atoms with Crippen LogP contribution in [-0.4, -0.2) is 75.9 Å². The molecule has 0 unspecified atom stereocenters. The molecule has 1 aromatic carbocycles. The van der Waals surface area contributed by atoms with E-state index in [1.165, 1.54) is 19.3 Å². The molecule has 6 atom stereocenters. The maximum absolute atomic E-state index is 15.8. The molecule has 1 saturated carbocycles. The number of aromatic nitrogens is 2. The number of carbonyl (C=O) groups is 3. The number of alkyl carbamates (subject to hydrolysis) is 1. The fourth-order valence-corrected chi connectivity index (χ4v) is 5.96. The lowest BCUT2D eigenvalue weighted by Crippen LogP contribution is -2.57. The first-order valence-electron chi connectivity index (χ1n) is 14.8. The van der Waals surface area contributed by atoms with Crippen LogP contribution < -0.4 is 14.8 Å². The average molecular weight is 617 g/mol. The number of allylic oxidation sites excluding steroid dienone is 2. The van der Waals surface area contributed by atoms with Crippen molar-refractivity contribution >= 4 is 29.0 Å². The van der Waals surface area contributed by atoms with Crippen molar-refractivity contribution in [1.29, 1.82) is 0 Å². The van der Waals surface area contributed by atoms with Crippen molar-refractivity contribution in [3.05, 3.63) is 36.0 Å². The van der Waals surface area contributed by atoms with Crippen molar-refractivity contribution in [1.82, 2.24) is 20.2 Å². The molecular weight excluding hydrogens is 578 g/mol. The summed E-state index contributed by atoms with van der Waals surface area (Å²) in [6.45, 7) is 6.75. The number of aliphatic carboxylic acids is 1. The van der Waals surface area contributed by atoms with Crippen LogP contribution in [0.4, 0.5) is 13.6 Å². The molecule has 11 nitrogen and oxygen atoms in total. The van der Waals surface area contributed by atoms with Crippen LogP contribution in [0.25, 0.3) is 11.0 Å². The lowest BCUT2D eigenvalue weighted by Gasteiger charge is -2.34. The Bertz CT molecular complexity index is 1480. The smallest absolute Gasteiger partial charge is 0.408 e. The quantitative estimate of drug-likeness (QED) is 0.471. The van der Waals surface area contributed by atoms with Gasteiger partial charge in [0.1, 0.15) is 30.0 Å². The molecule has 238 valence electrons. The molecule has 0 spiro atoms. The van der Waals surface area contributed by atoms with Crippen LogP contribution in [0.1, 0.15) is 59.1 Å². The number of carboxylic acid groups (broad SMARTS) is 1. The van der Waals surface area contributed by atoms with E-state index < -0.39 is 77.5 Å². The summed E-state index contributed by atoms with van der Waals surface area (Å²) in [5, 5.41) is 12.9. The molecule has 13 heteroatoms. The van der Waals surface area contributed by atoms with Crippen molar-refractivity contribution in [2.45, 2.75) is 83.6 Å². The number of rotatable bonds is 3. The number of amides is 2. The monoisotopic (exact) mass is 616 g/mol. The Morgan fingerprint density at radius 1 is 1.16 bits per heavy atom. The summed E-state index contributed by atoms with van der Waals surface area (Å²) in [4.78, 5) is 49.3. The summed E-state index contributed by atoms with van der Waals surface area (Å²) in [5.41, 5.74) is -1.04. The molecule has 2 fully saturated rings. The molecule has 2 aliphatic heterocycles. The summed E-state index contributed by atoms with van der Waals surface area (Å²) >= 11 is 0. The van der Waals surface area contributed by atoms with E-state index in [0.29, 0.717) is 18.6 Å². The van der Waals surface area contributed by atoms with E-state index in [-0.39, 0.29) is 29.9 Å². The molecular formula is C31H38F2N4O7. The molecule has 1 aliphatic carbocycles. The van der Waals surface area contributed by atoms with E-state index in [9.17, 15) is 19.5 Å². The lowest BCUT2D eigenvalue weighted by molar-refractivity contribution is -0.151. The Labute approximate surface area is 253 Å². The molecule has 2 aromatic rings. The second-order valence-electron chi connectivity index (χ2n) is 12.7. The van der Waals surface area contributed by atoms with Gasteiger partial charge in [0.2, 0.25) is 11.8 Å². The number of methoxy groups -OCH3 is 1. The van der Waals surface area contributed by atoms with Gasteiger partial charge in [-0.1, -0.05) is 39.8 Å². The number of alkyl halides is 2. The number of benzene rings is 1. The standard InChI is InChI=1S/C31H38F2N4O7/c1-6-18-22-15-37(23(18)28(39)40)27(38)25(30(2,3)4)36-29(41)44-21-13-16(21)9-7-8-12-31(32,33)24-26(43-22)35-20-14-17(42-5)10-11-19(20)34-24/h7-8,10-11,14,16,18,21-23,25H,6,9,12-13,15H2,1-5H3,(H,36,41)(H,39,40)/b8-7+/t16-,18-,21-,22+,23+,25-/m1/s1. The molecule has 1 saturated heterocycles. The van der Waals surface area contributed by atoms with E-state index in [0.717, 1.165) is 4.90 Å². The van der Waals surface area contributed by atoms with Gasteiger partial charge in [-0.3, -0.25) is 4.79 Å². The Kier molecular flexibility index (Phi) is 8.43. The lowest BCUT2D eigenvalue weighted by atomic mass is 9.85. The summed E-state index contributed by atoms with van der Waals surface area (Å²) in [6, 6.07) is 2.19. The van der Waals surface area contributed by atoms with E-state index in [1.54, 1.807) is 45.9 Å². The second-order valence-corrected chi connectivity index (χ2v) is 12.7. The summed E-state index contributed by atoms with van der Waals surface area (Å²) in [5.74, 6) is -6.22. The van der Waals surface area contributed by atoms with Gasteiger partial charge in [0.05, 0.1) is 24.7 Å². The van der Waals surface area contributed by atoms with Gasteiger partial charge in [-0.15, -0.1) is 0 Å². The topological polar surface area (TPSA) is 140 Å². The molecule has 3 heterocycles. The van der Waals surface area contributed by atoms with Gasteiger partial charge in [-0.25, -0.2) is 19.6 Å². The molecule has 1 aromatic heterocycles. The van der Waals surface area contributed by atoms with Crippen LogP contribution >= 0.6 is 0 Å². The van der Waals surface area contributed by atoms with Crippen LogP contribution in [0.15, 0.2) is 30.4 Å². The van der Waals surface area contributed by atoms with Gasteiger partial charge >= 0.3 is 12.1 Å². The SMILES string of the molecule is CC[C@@H]1[C@@H]2CN(C(=O)[C@H](C(C)(C)C)NC(=O)O[C@@H]3C[C@H]3C/C=C/CC(F)(F)c3nc4ccc(OC)cc4nc3O2)[C@@H]1C(=O)O. The number of carboxylic acids is 1. The van der Waals surface area contributed by atoms with Gasteiger partial charge in [-0.05, 0) is 36.8 Å². The van der Waals surface area contributed by atoms with Gasteiger partial charge in [-0.2, -0.15) is 8.78 Å². The van der Waals surface area contributed by atoms with Crippen LogP contribution in [0.3, 0.4) is 0 Å². The average Bonchev–Trinajstić information content (AvgIpc) is 3.58. The number of hydrogen-bond acceptors (Lipinski definition) is 8. The predicted octanol–water partition coefficient (Wildman–Crippen LogP) is 4.68. The van der Waals surface area contributed by atoms with Crippen LogP contribution in [0.2, 0.25) is 0 Å². The van der Waals surface area contributed by atoms with Crippen LogP contribution in [0.5, 0.6) is 11.6 Å². The van der Waals surface area contributed by atoms with Gasteiger partial charge in [0.15, 0.2) is 5.69 Å². The van der Waals surface area contributed by atoms with Gasteiger partial charge in [0, 0.05) is 24.3 Å². The van der Waals surface area contributed by atoms with Gasteiger partial charge < -0.3 is 29.5 Å². The van der Waals surface area contributed by atoms with Gasteiger partial charge in [0.25, 0.3) is 5.92 Å². The predicted molar refractivity (Wildman–Crippen MR) is 154 cm³/mol. The molecule has 2 N–H and O–H groups in total. The molecule has 0 radical (unpaired) electrons. The zero-order valence-corrected chi connectivity index (χ0v) is 25.4. The molecule has 2 bridgehead atoms. The first kappa shape index (κ1) is 31.4. The van der Waals surface area contributed by atoms with Crippen molar-refractivity contribution < 1.29 is 42.5 Å². The highest BCUT2D eigenvalue weighted by molar-refractivity contribution is 5.90. The number of carbonyl (C=O) groups excluding carboxylic acids is 2. The third-order valence-corrected chi connectivity index (χ3v) is 8.52. The first-order valence-corrected chi connectivity index (χ1v) is 14.8. The van der Waals surface area contributed by atoms with E-state index in [2.05, 4.69) is 15.3 Å². The highest BCUT2D eigenvalue weighted by atomic mass is 19.3. The van der Waals surface area contributed by atoms with Crippen molar-refractivity contribution in [2.24, 2.45) is 17.3 Å². The third-order valence-electron chi connectivity index (χ3n) is 8.52. The zero-order valence-electron chi connectivity index (χ0n) is 25.4. The minimum absolute atomic E-state index is 0.0383. The number of hydrogen-bond donors (Lipinski definition) is 2. The maximum atomic E-state index is 15.8. The summed E-state index contributed by atoms with van der Waals surface area (Å²) < 4.78 is 48.6. The molecule has 2 amide bonds. The Balaban J connectivity index is 1.61. The fourth-order valence-electron chi connectivity index (χ4n) is 5.96. The minimum atomic E-state index is -3.49. The van der Waals surface area contributed by atoms with E-state index in [4.69, 9.17) is 14.2 Å². The largest absolute Gasteiger partial charge is 0.497 e. The van der Waals surface area contributed by atoms with Crippen molar-refractivity contribution in [2.75, 3.05) is 13.7 Å². The van der Waals surface area contributed by atoms with Crippen LogP contribution in [-0.2, 0) is 20.2 Å². The Morgan fingerprint density at radius 2 is 1.91 bits per heavy atom. The number of nitrogens with zero attached hydrogens (tertiary/aromatic N) is 3. The highest BCUT2D eigenvalue weighted by Crippen LogP contribution is 2.41. The first-order chi connectivity index (χ1) is 20.7. The minimum Gasteiger partial charge on any atom is -0.497 e. The summed E-state index contributed by atoms with van der Waals surface area (Å²) in [6.07, 6.45) is 1.34. The Hall–Kier alpha value is -4.03. The highest BCUT2D eigenvalue weighted by Gasteiger charge is 2.52. The zero-order chi connectivity index (χ0) is 32.0. The van der Waals surface area contributed by atoms with E-state index >= 15 is 8.78 Å². The number of ether oxygens (including phenoxy) is 3. The number of nitrogens with one attached hydrogen (secondary N) is 1. The maximum Gasteiger partial charge on any atom is 0.408 e. The van der Waals surface area contributed by atoms with Crippen LogP contribution in [0, 0.1) is 17.3 Å². The molecule has 44 heavy (non-hydrogen) atoms. The summed E-state index contributed by atoms with van der Waals surface area (Å²) in [7, 11) is 1.46. The third kappa shape index (κ3) is 6.27. The number of fused-ring (bicyclic) bond motifs is 5. The molecule has 3 aliphatic rings. The normalized spacial score (nSPS) is 29.7. The van der Waals surface area contributed by atoms with Crippen molar-refractivity contribution in [3.8, 4) is 11.6 Å². The number of halogens is 2. The second kappa shape index (κ2) is 11.8. The molecule has 5 rings (SSSR count). The van der Waals surface area contributed by atoms with E-state index in [1.807, 2.05) is 0 Å².